The lowest BCUT2D eigenvalue weighted by Gasteiger charge is -2.23. The van der Waals surface area contributed by atoms with Crippen LogP contribution in [0, 0.1) is 0 Å². The van der Waals surface area contributed by atoms with Crippen LogP contribution in [0.1, 0.15) is 30.8 Å². The van der Waals surface area contributed by atoms with Gasteiger partial charge in [-0.15, -0.1) is 22.6 Å². The van der Waals surface area contributed by atoms with E-state index in [1.807, 2.05) is 24.3 Å². The van der Waals surface area contributed by atoms with Crippen LogP contribution in [-0.4, -0.2) is 16.1 Å². The second-order valence-electron chi connectivity index (χ2n) is 4.91. The van der Waals surface area contributed by atoms with E-state index in [2.05, 4.69) is 38.4 Å². The molecule has 0 fully saturated rings. The average molecular weight is 406 g/mol. The molecule has 1 aromatic heterocycles. The number of halogens is 2. The number of hydrogen-bond donors (Lipinski definition) is 2. The summed E-state index contributed by atoms with van der Waals surface area (Å²) >= 11 is 4.74. The molecule has 2 rings (SSSR count). The van der Waals surface area contributed by atoms with E-state index in [1.165, 1.54) is 11.3 Å². The number of nitrogens with zero attached hydrogens (tertiary/aromatic N) is 2. The third-order valence-corrected chi connectivity index (χ3v) is 4.49. The van der Waals surface area contributed by atoms with Crippen LogP contribution in [-0.2, 0) is 16.8 Å². The van der Waals surface area contributed by atoms with Gasteiger partial charge in [0.1, 0.15) is 10.5 Å². The molecule has 1 amide bonds. The zero-order valence-corrected chi connectivity index (χ0v) is 15.5. The Morgan fingerprint density at radius 2 is 2.00 bits per heavy atom. The van der Waals surface area contributed by atoms with Crippen molar-refractivity contribution in [1.82, 2.24) is 10.2 Å². The Morgan fingerprint density at radius 1 is 1.36 bits per heavy atom. The largest absolute Gasteiger partial charge is 0.314 e. The van der Waals surface area contributed by atoms with E-state index >= 15 is 0 Å². The van der Waals surface area contributed by atoms with Crippen LogP contribution >= 0.6 is 39.7 Å². The van der Waals surface area contributed by atoms with Crippen LogP contribution in [0.5, 0.6) is 0 Å². The standard InChI is InChI=1S/C14H17BrN4OS.ClH/c1-3-4-11-18-19-13(21-11)17-12(20)14(2,16)9-5-7-10(15)8-6-9;/h5-8H,3-4,16H2,1-2H3,(H,17,19,20);1H. The number of rotatable bonds is 5. The zero-order valence-electron chi connectivity index (χ0n) is 12.3. The molecule has 5 nitrogen and oxygen atoms in total. The third-order valence-electron chi connectivity index (χ3n) is 3.07. The van der Waals surface area contributed by atoms with Gasteiger partial charge >= 0.3 is 0 Å². The first-order chi connectivity index (χ1) is 9.93. The molecule has 0 saturated heterocycles. The molecule has 3 N–H and O–H groups in total. The van der Waals surface area contributed by atoms with Crippen LogP contribution < -0.4 is 11.1 Å². The molecular weight excluding hydrogens is 388 g/mol. The number of aromatic nitrogens is 2. The smallest absolute Gasteiger partial charge is 0.250 e. The number of amides is 1. The lowest BCUT2D eigenvalue weighted by Crippen LogP contribution is -2.45. The van der Waals surface area contributed by atoms with Gasteiger partial charge in [0, 0.05) is 10.9 Å². The van der Waals surface area contributed by atoms with E-state index in [0.29, 0.717) is 5.13 Å². The summed E-state index contributed by atoms with van der Waals surface area (Å²) in [6, 6.07) is 7.37. The van der Waals surface area contributed by atoms with Crippen molar-refractivity contribution in [2.75, 3.05) is 5.32 Å². The molecule has 2 aromatic rings. The molecule has 0 saturated carbocycles. The highest BCUT2D eigenvalue weighted by atomic mass is 79.9. The fourth-order valence-electron chi connectivity index (χ4n) is 1.77. The maximum atomic E-state index is 12.4. The highest BCUT2D eigenvalue weighted by Gasteiger charge is 2.31. The Bertz CT molecular complexity index is 630. The highest BCUT2D eigenvalue weighted by molar-refractivity contribution is 9.10. The molecule has 8 heteroatoms. The highest BCUT2D eigenvalue weighted by Crippen LogP contribution is 2.23. The summed E-state index contributed by atoms with van der Waals surface area (Å²) in [5.74, 6) is -0.302. The monoisotopic (exact) mass is 404 g/mol. The number of nitrogens with two attached hydrogens (primary N) is 1. The van der Waals surface area contributed by atoms with Gasteiger partial charge in [0.25, 0.3) is 5.91 Å². The minimum Gasteiger partial charge on any atom is -0.314 e. The van der Waals surface area contributed by atoms with Gasteiger partial charge in [-0.05, 0) is 31.0 Å². The minimum atomic E-state index is -1.13. The van der Waals surface area contributed by atoms with Gasteiger partial charge in [-0.1, -0.05) is 46.3 Å². The molecule has 1 unspecified atom stereocenters. The maximum absolute atomic E-state index is 12.4. The van der Waals surface area contributed by atoms with E-state index in [-0.39, 0.29) is 18.3 Å². The van der Waals surface area contributed by atoms with Gasteiger partial charge in [-0.3, -0.25) is 10.1 Å². The van der Waals surface area contributed by atoms with Gasteiger partial charge in [-0.2, -0.15) is 0 Å². The van der Waals surface area contributed by atoms with Crippen molar-refractivity contribution in [2.24, 2.45) is 5.73 Å². The normalized spacial score (nSPS) is 13.1. The van der Waals surface area contributed by atoms with Crippen molar-refractivity contribution in [3.8, 4) is 0 Å². The van der Waals surface area contributed by atoms with E-state index in [1.54, 1.807) is 6.92 Å². The lowest BCUT2D eigenvalue weighted by molar-refractivity contribution is -0.120. The summed E-state index contributed by atoms with van der Waals surface area (Å²) in [4.78, 5) is 12.4. The van der Waals surface area contributed by atoms with Crippen LogP contribution in [0.3, 0.4) is 0 Å². The Kier molecular flexibility index (Phi) is 6.93. The molecule has 0 aliphatic carbocycles. The van der Waals surface area contributed by atoms with Crippen molar-refractivity contribution in [3.05, 3.63) is 39.3 Å². The molecule has 120 valence electrons. The topological polar surface area (TPSA) is 80.9 Å². The van der Waals surface area contributed by atoms with E-state index in [0.717, 1.165) is 27.9 Å². The van der Waals surface area contributed by atoms with Gasteiger partial charge < -0.3 is 5.73 Å². The number of hydrogen-bond acceptors (Lipinski definition) is 5. The number of benzene rings is 1. The predicted octanol–water partition coefficient (Wildman–Crippen LogP) is 3.49. The summed E-state index contributed by atoms with van der Waals surface area (Å²) in [6.07, 6.45) is 1.86. The van der Waals surface area contributed by atoms with Crippen LogP contribution in [0.25, 0.3) is 0 Å². The Morgan fingerprint density at radius 3 is 2.59 bits per heavy atom. The molecule has 0 bridgehead atoms. The van der Waals surface area contributed by atoms with Gasteiger partial charge in [0.05, 0.1) is 0 Å². The fourth-order valence-corrected chi connectivity index (χ4v) is 2.87. The fraction of sp³-hybridized carbons (Fsp3) is 0.357. The molecule has 0 radical (unpaired) electrons. The molecule has 1 heterocycles. The Labute approximate surface area is 148 Å². The molecule has 0 aliphatic rings. The van der Waals surface area contributed by atoms with Crippen molar-refractivity contribution in [2.45, 2.75) is 32.2 Å². The quantitative estimate of drug-likeness (QED) is 0.798. The summed E-state index contributed by atoms with van der Waals surface area (Å²) in [6.45, 7) is 3.75. The van der Waals surface area contributed by atoms with Crippen LogP contribution in [0.4, 0.5) is 5.13 Å². The second kappa shape index (κ2) is 8.01. The molecule has 0 spiro atoms. The number of nitrogens with one attached hydrogen (secondary N) is 1. The number of aryl methyl sites for hydroxylation is 1. The van der Waals surface area contributed by atoms with Crippen molar-refractivity contribution >= 4 is 50.7 Å². The van der Waals surface area contributed by atoms with Crippen molar-refractivity contribution in [3.63, 3.8) is 0 Å². The van der Waals surface area contributed by atoms with Crippen molar-refractivity contribution < 1.29 is 4.79 Å². The zero-order chi connectivity index (χ0) is 15.5. The summed E-state index contributed by atoms with van der Waals surface area (Å²) in [5, 5.41) is 12.1. The summed E-state index contributed by atoms with van der Waals surface area (Å²) in [5.41, 5.74) is 5.78. The van der Waals surface area contributed by atoms with E-state index in [4.69, 9.17) is 5.73 Å². The third kappa shape index (κ3) is 4.49. The summed E-state index contributed by atoms with van der Waals surface area (Å²) in [7, 11) is 0. The van der Waals surface area contributed by atoms with E-state index in [9.17, 15) is 4.79 Å². The van der Waals surface area contributed by atoms with Crippen LogP contribution in [0.2, 0.25) is 0 Å². The van der Waals surface area contributed by atoms with Gasteiger partial charge in [0.2, 0.25) is 5.13 Å². The summed E-state index contributed by atoms with van der Waals surface area (Å²) < 4.78 is 0.941. The van der Waals surface area contributed by atoms with Gasteiger partial charge in [-0.25, -0.2) is 0 Å². The second-order valence-corrected chi connectivity index (χ2v) is 6.89. The first-order valence-electron chi connectivity index (χ1n) is 6.62. The molecule has 1 atom stereocenters. The SMILES string of the molecule is CCCc1nnc(NC(=O)C(C)(N)c2ccc(Br)cc2)s1.Cl. The Balaban J connectivity index is 0.00000242. The van der Waals surface area contributed by atoms with Gasteiger partial charge in [0.15, 0.2) is 0 Å². The molecule has 1 aromatic carbocycles. The Hall–Kier alpha value is -1.02. The van der Waals surface area contributed by atoms with Crippen molar-refractivity contribution in [1.29, 1.82) is 0 Å². The average Bonchev–Trinajstić information content (AvgIpc) is 2.87. The van der Waals surface area contributed by atoms with E-state index < -0.39 is 5.54 Å². The first-order valence-corrected chi connectivity index (χ1v) is 8.23. The molecular formula is C14H18BrClN4OS. The number of carbonyl (C=O) groups excluding carboxylic acids is 1. The number of carbonyl (C=O) groups is 1. The lowest BCUT2D eigenvalue weighted by atomic mass is 9.92. The minimum absolute atomic E-state index is 0. The first kappa shape index (κ1) is 19.0. The number of anilines is 1. The maximum Gasteiger partial charge on any atom is 0.250 e. The predicted molar refractivity (Wildman–Crippen MR) is 95.5 cm³/mol. The molecule has 22 heavy (non-hydrogen) atoms. The van der Waals surface area contributed by atoms with Crippen LogP contribution in [0.15, 0.2) is 28.7 Å². The molecule has 0 aliphatic heterocycles.